The molecule has 0 aromatic heterocycles. The molecular weight excluding hydrogens is 280 g/mol. The molecule has 0 saturated heterocycles. The van der Waals surface area contributed by atoms with Gasteiger partial charge in [-0.15, -0.1) is 0 Å². The van der Waals surface area contributed by atoms with Crippen molar-refractivity contribution in [3.05, 3.63) is 24.3 Å². The first-order chi connectivity index (χ1) is 10.6. The number of methoxy groups -OCH3 is 1. The molecule has 0 aliphatic carbocycles. The maximum atomic E-state index is 12.3. The second-order valence-electron chi connectivity index (χ2n) is 5.15. The Hall–Kier alpha value is -2.04. The van der Waals surface area contributed by atoms with Crippen LogP contribution in [0.2, 0.25) is 0 Å². The first-order valence-electron chi connectivity index (χ1n) is 7.87. The van der Waals surface area contributed by atoms with Crippen molar-refractivity contribution >= 4 is 17.5 Å². The van der Waals surface area contributed by atoms with Crippen LogP contribution in [0.1, 0.15) is 39.5 Å². The van der Waals surface area contributed by atoms with Gasteiger partial charge in [0, 0.05) is 13.1 Å². The Labute approximate surface area is 132 Å². The molecule has 0 saturated carbocycles. The van der Waals surface area contributed by atoms with Crippen LogP contribution in [0.25, 0.3) is 0 Å². The maximum absolute atomic E-state index is 12.3. The third-order valence-electron chi connectivity index (χ3n) is 3.40. The molecule has 1 N–H and O–H groups in total. The lowest BCUT2D eigenvalue weighted by atomic mass is 10.2. The number of unbranched alkanes of at least 4 members (excludes halogenated alkanes) is 2. The standard InChI is InChI=1S/C17H26N2O3/c1-4-6-12-19(13-7-5-2)17(21)16(20)18-14-10-8-9-11-15(14)22-3/h8-11H,4-7,12-13H2,1-3H3,(H,18,20). The van der Waals surface area contributed by atoms with Gasteiger partial charge in [-0.2, -0.15) is 0 Å². The SMILES string of the molecule is CCCCN(CCCC)C(=O)C(=O)Nc1ccccc1OC. The number of ether oxygens (including phenoxy) is 1. The molecule has 5 heteroatoms. The van der Waals surface area contributed by atoms with Crippen LogP contribution < -0.4 is 10.1 Å². The van der Waals surface area contributed by atoms with E-state index in [0.29, 0.717) is 24.5 Å². The minimum atomic E-state index is -0.614. The van der Waals surface area contributed by atoms with Crippen molar-refractivity contribution in [2.75, 3.05) is 25.5 Å². The summed E-state index contributed by atoms with van der Waals surface area (Å²) in [6.07, 6.45) is 3.78. The van der Waals surface area contributed by atoms with Crippen LogP contribution in [0.4, 0.5) is 5.69 Å². The highest BCUT2D eigenvalue weighted by atomic mass is 16.5. The van der Waals surface area contributed by atoms with E-state index < -0.39 is 11.8 Å². The second kappa shape index (κ2) is 9.82. The van der Waals surface area contributed by atoms with E-state index in [1.165, 1.54) is 7.11 Å². The fourth-order valence-electron chi connectivity index (χ4n) is 2.08. The Kier molecular flexibility index (Phi) is 8.04. The molecule has 22 heavy (non-hydrogen) atoms. The summed E-state index contributed by atoms with van der Waals surface area (Å²) in [7, 11) is 1.53. The first kappa shape index (κ1) is 18.0. The Morgan fingerprint density at radius 1 is 1.09 bits per heavy atom. The zero-order valence-electron chi connectivity index (χ0n) is 13.7. The lowest BCUT2D eigenvalue weighted by molar-refractivity contribution is -0.143. The van der Waals surface area contributed by atoms with E-state index in [2.05, 4.69) is 19.2 Å². The maximum Gasteiger partial charge on any atom is 0.314 e. The molecule has 1 rings (SSSR count). The van der Waals surface area contributed by atoms with Crippen molar-refractivity contribution in [1.82, 2.24) is 4.90 Å². The van der Waals surface area contributed by atoms with Gasteiger partial charge in [0.2, 0.25) is 0 Å². The smallest absolute Gasteiger partial charge is 0.314 e. The predicted octanol–water partition coefficient (Wildman–Crippen LogP) is 3.06. The monoisotopic (exact) mass is 306 g/mol. The van der Waals surface area contributed by atoms with E-state index in [0.717, 1.165) is 25.7 Å². The third-order valence-corrected chi connectivity index (χ3v) is 3.40. The Morgan fingerprint density at radius 3 is 2.23 bits per heavy atom. The molecule has 1 aromatic carbocycles. The molecule has 0 aliphatic heterocycles. The van der Waals surface area contributed by atoms with Crippen molar-refractivity contribution < 1.29 is 14.3 Å². The number of anilines is 1. The van der Waals surface area contributed by atoms with E-state index >= 15 is 0 Å². The summed E-state index contributed by atoms with van der Waals surface area (Å²) in [5, 5.41) is 2.64. The Morgan fingerprint density at radius 2 is 1.68 bits per heavy atom. The predicted molar refractivity (Wildman–Crippen MR) is 88.0 cm³/mol. The molecule has 0 heterocycles. The van der Waals surface area contributed by atoms with Crippen LogP contribution in [-0.4, -0.2) is 36.9 Å². The molecule has 1 aromatic rings. The van der Waals surface area contributed by atoms with E-state index in [1.807, 2.05) is 6.07 Å². The molecule has 5 nitrogen and oxygen atoms in total. The number of hydrogen-bond donors (Lipinski definition) is 1. The molecule has 0 bridgehead atoms. The van der Waals surface area contributed by atoms with Crippen molar-refractivity contribution in [3.8, 4) is 5.75 Å². The van der Waals surface area contributed by atoms with Gasteiger partial charge in [0.05, 0.1) is 12.8 Å². The van der Waals surface area contributed by atoms with Crippen LogP contribution in [-0.2, 0) is 9.59 Å². The normalized spacial score (nSPS) is 10.1. The highest BCUT2D eigenvalue weighted by Gasteiger charge is 2.21. The number of nitrogens with zero attached hydrogens (tertiary/aromatic N) is 1. The van der Waals surface area contributed by atoms with Gasteiger partial charge < -0.3 is 15.0 Å². The number of para-hydroxylation sites is 2. The van der Waals surface area contributed by atoms with Crippen LogP contribution >= 0.6 is 0 Å². The van der Waals surface area contributed by atoms with Gasteiger partial charge >= 0.3 is 11.8 Å². The van der Waals surface area contributed by atoms with E-state index in [1.54, 1.807) is 23.1 Å². The summed E-state index contributed by atoms with van der Waals surface area (Å²) < 4.78 is 5.18. The molecule has 0 spiro atoms. The lowest BCUT2D eigenvalue weighted by Gasteiger charge is -2.22. The zero-order valence-corrected chi connectivity index (χ0v) is 13.7. The van der Waals surface area contributed by atoms with Gasteiger partial charge in [0.1, 0.15) is 5.75 Å². The van der Waals surface area contributed by atoms with Crippen molar-refractivity contribution in [1.29, 1.82) is 0 Å². The van der Waals surface area contributed by atoms with E-state index in [4.69, 9.17) is 4.74 Å². The Balaban J connectivity index is 2.73. The van der Waals surface area contributed by atoms with Gasteiger partial charge in [-0.05, 0) is 25.0 Å². The fraction of sp³-hybridized carbons (Fsp3) is 0.529. The quantitative estimate of drug-likeness (QED) is 0.751. The summed E-state index contributed by atoms with van der Waals surface area (Å²) in [6, 6.07) is 7.05. The van der Waals surface area contributed by atoms with E-state index in [-0.39, 0.29) is 0 Å². The average molecular weight is 306 g/mol. The fourth-order valence-corrected chi connectivity index (χ4v) is 2.08. The number of nitrogens with one attached hydrogen (secondary N) is 1. The lowest BCUT2D eigenvalue weighted by Crippen LogP contribution is -2.40. The third kappa shape index (κ3) is 5.39. The first-order valence-corrected chi connectivity index (χ1v) is 7.87. The zero-order chi connectivity index (χ0) is 16.4. The molecule has 0 radical (unpaired) electrons. The van der Waals surface area contributed by atoms with Crippen molar-refractivity contribution in [2.45, 2.75) is 39.5 Å². The molecule has 122 valence electrons. The average Bonchev–Trinajstić information content (AvgIpc) is 2.55. The van der Waals surface area contributed by atoms with Crippen molar-refractivity contribution in [3.63, 3.8) is 0 Å². The number of amides is 2. The molecular formula is C17H26N2O3. The number of hydrogen-bond acceptors (Lipinski definition) is 3. The Bertz CT molecular complexity index is 481. The largest absolute Gasteiger partial charge is 0.495 e. The van der Waals surface area contributed by atoms with Gasteiger partial charge in [-0.25, -0.2) is 0 Å². The van der Waals surface area contributed by atoms with Crippen LogP contribution in [0.5, 0.6) is 5.75 Å². The summed E-state index contributed by atoms with van der Waals surface area (Å²) in [4.78, 5) is 26.2. The van der Waals surface area contributed by atoms with Gasteiger partial charge in [-0.3, -0.25) is 9.59 Å². The minimum Gasteiger partial charge on any atom is -0.495 e. The molecule has 0 unspecified atom stereocenters. The van der Waals surface area contributed by atoms with Crippen LogP contribution in [0.3, 0.4) is 0 Å². The number of carbonyl (C=O) groups excluding carboxylic acids is 2. The van der Waals surface area contributed by atoms with Crippen molar-refractivity contribution in [2.24, 2.45) is 0 Å². The molecule has 0 aliphatic rings. The second-order valence-corrected chi connectivity index (χ2v) is 5.15. The molecule has 0 fully saturated rings. The molecule has 0 atom stereocenters. The van der Waals surface area contributed by atoms with E-state index in [9.17, 15) is 9.59 Å². The summed E-state index contributed by atoms with van der Waals surface area (Å²) in [5.41, 5.74) is 0.509. The van der Waals surface area contributed by atoms with Crippen LogP contribution in [0.15, 0.2) is 24.3 Å². The number of rotatable bonds is 8. The van der Waals surface area contributed by atoms with Gasteiger partial charge in [-0.1, -0.05) is 38.8 Å². The van der Waals surface area contributed by atoms with Gasteiger partial charge in [0.25, 0.3) is 0 Å². The van der Waals surface area contributed by atoms with Crippen LogP contribution in [0, 0.1) is 0 Å². The number of benzene rings is 1. The summed E-state index contributed by atoms with van der Waals surface area (Å²) >= 11 is 0. The minimum absolute atomic E-state index is 0.479. The highest BCUT2D eigenvalue weighted by Crippen LogP contribution is 2.22. The summed E-state index contributed by atoms with van der Waals surface area (Å²) in [5.74, 6) is -0.554. The highest BCUT2D eigenvalue weighted by molar-refractivity contribution is 6.39. The topological polar surface area (TPSA) is 58.6 Å². The number of carbonyl (C=O) groups is 2. The molecule has 2 amide bonds. The summed E-state index contributed by atoms with van der Waals surface area (Å²) in [6.45, 7) is 5.37. The van der Waals surface area contributed by atoms with Gasteiger partial charge in [0.15, 0.2) is 0 Å².